The van der Waals surface area contributed by atoms with Crippen molar-refractivity contribution in [2.75, 3.05) is 20.8 Å². The molecule has 8 heteroatoms. The third-order valence-electron chi connectivity index (χ3n) is 2.97. The SMILES string of the molecule is CCOc1cc(/C=C/C(=O)O[C@H](C)C(=O)NC(=O)OC)ccc1OC. The molecule has 1 atom stereocenters. The molecule has 8 nitrogen and oxygen atoms in total. The highest BCUT2D eigenvalue weighted by molar-refractivity contribution is 5.96. The highest BCUT2D eigenvalue weighted by Crippen LogP contribution is 2.28. The monoisotopic (exact) mass is 351 g/mol. The second-order valence-corrected chi connectivity index (χ2v) is 4.74. The Morgan fingerprint density at radius 2 is 1.92 bits per heavy atom. The van der Waals surface area contributed by atoms with Crippen molar-refractivity contribution in [2.45, 2.75) is 20.0 Å². The van der Waals surface area contributed by atoms with Gasteiger partial charge in [0.15, 0.2) is 17.6 Å². The molecule has 0 unspecified atom stereocenters. The van der Waals surface area contributed by atoms with Crippen molar-refractivity contribution in [2.24, 2.45) is 0 Å². The van der Waals surface area contributed by atoms with Crippen LogP contribution in [0.4, 0.5) is 4.79 Å². The number of esters is 1. The van der Waals surface area contributed by atoms with Gasteiger partial charge in [0, 0.05) is 6.08 Å². The number of hydrogen-bond acceptors (Lipinski definition) is 7. The Kier molecular flexibility index (Phi) is 7.98. The summed E-state index contributed by atoms with van der Waals surface area (Å²) in [6, 6.07) is 5.15. The molecule has 2 amide bonds. The summed E-state index contributed by atoms with van der Waals surface area (Å²) in [4.78, 5) is 34.3. The van der Waals surface area contributed by atoms with E-state index in [2.05, 4.69) is 4.74 Å². The van der Waals surface area contributed by atoms with Crippen LogP contribution >= 0.6 is 0 Å². The number of hydrogen-bond donors (Lipinski definition) is 1. The standard InChI is InChI=1S/C17H21NO7/c1-5-24-14-10-12(6-8-13(14)22-3)7-9-15(19)25-11(2)16(20)18-17(21)23-4/h6-11H,5H2,1-4H3,(H,18,20,21)/b9-7+/t11-/m1/s1. The van der Waals surface area contributed by atoms with Crippen molar-refractivity contribution >= 4 is 24.0 Å². The predicted molar refractivity (Wildman–Crippen MR) is 89.3 cm³/mol. The van der Waals surface area contributed by atoms with Gasteiger partial charge in [0.25, 0.3) is 5.91 Å². The molecule has 0 heterocycles. The van der Waals surface area contributed by atoms with Gasteiger partial charge in [-0.3, -0.25) is 10.1 Å². The van der Waals surface area contributed by atoms with Gasteiger partial charge in [-0.25, -0.2) is 9.59 Å². The summed E-state index contributed by atoms with van der Waals surface area (Å²) < 4.78 is 19.8. The molecule has 1 aromatic rings. The minimum absolute atomic E-state index is 0.471. The van der Waals surface area contributed by atoms with Crippen LogP contribution in [-0.4, -0.2) is 44.9 Å². The highest BCUT2D eigenvalue weighted by Gasteiger charge is 2.19. The zero-order chi connectivity index (χ0) is 18.8. The zero-order valence-corrected chi connectivity index (χ0v) is 14.5. The number of rotatable bonds is 7. The molecule has 0 fully saturated rings. The molecule has 1 aromatic carbocycles. The Morgan fingerprint density at radius 3 is 2.52 bits per heavy atom. The molecule has 0 radical (unpaired) electrons. The first kappa shape index (κ1) is 20.0. The number of carbonyl (C=O) groups is 3. The van der Waals surface area contributed by atoms with E-state index in [-0.39, 0.29) is 0 Å². The molecule has 25 heavy (non-hydrogen) atoms. The van der Waals surface area contributed by atoms with Crippen LogP contribution in [-0.2, 0) is 19.1 Å². The maximum Gasteiger partial charge on any atom is 0.413 e. The summed E-state index contributed by atoms with van der Waals surface area (Å²) in [5.74, 6) is -0.390. The Balaban J connectivity index is 2.68. The topological polar surface area (TPSA) is 100 Å². The summed E-state index contributed by atoms with van der Waals surface area (Å²) in [7, 11) is 2.65. The lowest BCUT2D eigenvalue weighted by Crippen LogP contribution is -2.39. The van der Waals surface area contributed by atoms with E-state index < -0.39 is 24.1 Å². The molecule has 0 spiro atoms. The summed E-state index contributed by atoms with van der Waals surface area (Å²) in [5, 5.41) is 1.91. The maximum absolute atomic E-state index is 11.8. The highest BCUT2D eigenvalue weighted by atomic mass is 16.6. The quantitative estimate of drug-likeness (QED) is 0.592. The Labute approximate surface area is 145 Å². The molecular formula is C17H21NO7. The van der Waals surface area contributed by atoms with Gasteiger partial charge in [0.2, 0.25) is 0 Å². The van der Waals surface area contributed by atoms with E-state index in [1.165, 1.54) is 26.2 Å². The van der Waals surface area contributed by atoms with Gasteiger partial charge >= 0.3 is 12.1 Å². The first-order chi connectivity index (χ1) is 11.9. The van der Waals surface area contributed by atoms with Crippen LogP contribution in [0.15, 0.2) is 24.3 Å². The van der Waals surface area contributed by atoms with E-state index in [1.807, 2.05) is 12.2 Å². The molecular weight excluding hydrogens is 330 g/mol. The zero-order valence-electron chi connectivity index (χ0n) is 14.5. The minimum Gasteiger partial charge on any atom is -0.493 e. The molecule has 136 valence electrons. The predicted octanol–water partition coefficient (Wildman–Crippen LogP) is 1.92. The summed E-state index contributed by atoms with van der Waals surface area (Å²) >= 11 is 0. The van der Waals surface area contributed by atoms with Crippen LogP contribution in [0.25, 0.3) is 6.08 Å². The number of ether oxygens (including phenoxy) is 4. The summed E-state index contributed by atoms with van der Waals surface area (Å²) in [6.45, 7) is 3.66. The van der Waals surface area contributed by atoms with E-state index in [9.17, 15) is 14.4 Å². The number of imide groups is 1. The fourth-order valence-corrected chi connectivity index (χ4v) is 1.75. The van der Waals surface area contributed by atoms with Crippen LogP contribution in [0, 0.1) is 0 Å². The average molecular weight is 351 g/mol. The van der Waals surface area contributed by atoms with Crippen LogP contribution < -0.4 is 14.8 Å². The van der Waals surface area contributed by atoms with Crippen molar-refractivity contribution in [3.8, 4) is 11.5 Å². The summed E-state index contributed by atoms with van der Waals surface area (Å²) in [6.07, 6.45) is 0.602. The number of alkyl carbamates (subject to hydrolysis) is 1. The fourth-order valence-electron chi connectivity index (χ4n) is 1.75. The first-order valence-electron chi connectivity index (χ1n) is 7.49. The van der Waals surface area contributed by atoms with Crippen molar-refractivity contribution in [1.29, 1.82) is 0 Å². The first-order valence-corrected chi connectivity index (χ1v) is 7.49. The fraction of sp³-hybridized carbons (Fsp3) is 0.353. The van der Waals surface area contributed by atoms with Crippen LogP contribution in [0.3, 0.4) is 0 Å². The Morgan fingerprint density at radius 1 is 1.20 bits per heavy atom. The largest absolute Gasteiger partial charge is 0.493 e. The van der Waals surface area contributed by atoms with Crippen molar-refractivity contribution in [3.05, 3.63) is 29.8 Å². The van der Waals surface area contributed by atoms with E-state index in [0.717, 1.165) is 7.11 Å². The van der Waals surface area contributed by atoms with Crippen LogP contribution in [0.2, 0.25) is 0 Å². The lowest BCUT2D eigenvalue weighted by molar-refractivity contribution is -0.149. The number of nitrogens with one attached hydrogen (secondary N) is 1. The maximum atomic E-state index is 11.8. The number of methoxy groups -OCH3 is 2. The molecule has 0 saturated carbocycles. The molecule has 0 aliphatic rings. The number of benzene rings is 1. The van der Waals surface area contributed by atoms with Gasteiger partial charge in [0.1, 0.15) is 0 Å². The molecule has 1 N–H and O–H groups in total. The van der Waals surface area contributed by atoms with Gasteiger partial charge in [-0.1, -0.05) is 6.07 Å². The molecule has 0 aromatic heterocycles. The van der Waals surface area contributed by atoms with E-state index >= 15 is 0 Å². The van der Waals surface area contributed by atoms with Gasteiger partial charge in [0.05, 0.1) is 20.8 Å². The van der Waals surface area contributed by atoms with Crippen LogP contribution in [0.5, 0.6) is 11.5 Å². The van der Waals surface area contributed by atoms with Crippen molar-refractivity contribution < 1.29 is 33.3 Å². The van der Waals surface area contributed by atoms with Gasteiger partial charge in [-0.2, -0.15) is 0 Å². The lowest BCUT2D eigenvalue weighted by Gasteiger charge is -2.11. The van der Waals surface area contributed by atoms with Gasteiger partial charge < -0.3 is 18.9 Å². The lowest BCUT2D eigenvalue weighted by atomic mass is 10.2. The normalized spacial score (nSPS) is 11.5. The summed E-state index contributed by atoms with van der Waals surface area (Å²) in [5.41, 5.74) is 0.688. The van der Waals surface area contributed by atoms with Crippen molar-refractivity contribution in [3.63, 3.8) is 0 Å². The minimum atomic E-state index is -1.15. The number of amides is 2. The Hall–Kier alpha value is -3.03. The second kappa shape index (κ2) is 9.96. The molecule has 0 saturated heterocycles. The van der Waals surface area contributed by atoms with E-state index in [4.69, 9.17) is 14.2 Å². The number of carbonyl (C=O) groups excluding carboxylic acids is 3. The van der Waals surface area contributed by atoms with Gasteiger partial charge in [-0.05, 0) is 37.6 Å². The van der Waals surface area contributed by atoms with E-state index in [0.29, 0.717) is 23.7 Å². The third-order valence-corrected chi connectivity index (χ3v) is 2.97. The second-order valence-electron chi connectivity index (χ2n) is 4.74. The van der Waals surface area contributed by atoms with E-state index in [1.54, 1.807) is 18.2 Å². The van der Waals surface area contributed by atoms with Crippen LogP contribution in [0.1, 0.15) is 19.4 Å². The molecule has 0 aliphatic carbocycles. The molecule has 1 rings (SSSR count). The van der Waals surface area contributed by atoms with Crippen molar-refractivity contribution in [1.82, 2.24) is 5.32 Å². The average Bonchev–Trinajstić information content (AvgIpc) is 2.60. The molecule has 0 bridgehead atoms. The smallest absolute Gasteiger partial charge is 0.413 e. The van der Waals surface area contributed by atoms with Gasteiger partial charge in [-0.15, -0.1) is 0 Å². The Bertz CT molecular complexity index is 654. The molecule has 0 aliphatic heterocycles. The third kappa shape index (κ3) is 6.54.